The summed E-state index contributed by atoms with van der Waals surface area (Å²) in [4.78, 5) is 0. The molecule has 0 aromatic rings. The molecule has 110 valence electrons. The van der Waals surface area contributed by atoms with Crippen LogP contribution in [-0.2, 0) is 9.47 Å². The largest absolute Gasteiger partial charge is 0.488 e. The average molecular weight is 278 g/mol. The quantitative estimate of drug-likeness (QED) is 0.776. The highest BCUT2D eigenvalue weighted by atomic mass is 16.7. The minimum Gasteiger partial charge on any atom is -0.423 e. The van der Waals surface area contributed by atoms with Gasteiger partial charge >= 0.3 is 7.12 Å². The van der Waals surface area contributed by atoms with E-state index < -0.39 is 7.12 Å². The van der Waals surface area contributed by atoms with E-state index in [0.29, 0.717) is 11.9 Å². The van der Waals surface area contributed by atoms with Gasteiger partial charge in [-0.15, -0.1) is 0 Å². The van der Waals surface area contributed by atoms with Crippen molar-refractivity contribution in [2.45, 2.75) is 50.9 Å². The Labute approximate surface area is 120 Å². The van der Waals surface area contributed by atoms with Crippen molar-refractivity contribution in [2.24, 2.45) is 0 Å². The van der Waals surface area contributed by atoms with Crippen LogP contribution in [0, 0.1) is 0 Å². The zero-order valence-electron chi connectivity index (χ0n) is 11.8. The third-order valence-corrected chi connectivity index (χ3v) is 3.75. The first kappa shape index (κ1) is 15.5. The number of allylic oxidation sites excluding steroid dienone is 4. The molecule has 20 heavy (non-hydrogen) atoms. The molecule has 0 amide bonds. The fourth-order valence-corrected chi connectivity index (χ4v) is 2.54. The molecule has 0 bridgehead atoms. The highest BCUT2D eigenvalue weighted by Crippen LogP contribution is 2.24. The lowest BCUT2D eigenvalue weighted by Gasteiger charge is -2.27. The summed E-state index contributed by atoms with van der Waals surface area (Å²) in [5, 5.41) is 18.6. The molecule has 0 saturated carbocycles. The second-order valence-electron chi connectivity index (χ2n) is 5.36. The average Bonchev–Trinajstić information content (AvgIpc) is 2.52. The minimum absolute atomic E-state index is 0.0907. The molecule has 1 saturated heterocycles. The standard InChI is InChI=1S/C15H23BO4/c1-12-9-10-13(20-15-8-4-5-11-19-15)6-2-3-7-14(12)16(17)18/h2-3,7,13,15,17-18H,1,4-6,8-11H2/b3-2-,14-7?/t13-,15?/m1/s1. The van der Waals surface area contributed by atoms with E-state index in [4.69, 9.17) is 9.47 Å². The predicted molar refractivity (Wildman–Crippen MR) is 78.9 cm³/mol. The Morgan fingerprint density at radius 2 is 2.15 bits per heavy atom. The first-order valence-electron chi connectivity index (χ1n) is 7.35. The van der Waals surface area contributed by atoms with Gasteiger partial charge in [-0.25, -0.2) is 0 Å². The maximum Gasteiger partial charge on any atom is 0.488 e. The van der Waals surface area contributed by atoms with Crippen LogP contribution in [0.2, 0.25) is 0 Å². The van der Waals surface area contributed by atoms with Crippen LogP contribution in [0.4, 0.5) is 0 Å². The van der Waals surface area contributed by atoms with Gasteiger partial charge in [0.05, 0.1) is 6.10 Å². The molecule has 2 N–H and O–H groups in total. The third kappa shape index (κ3) is 4.60. The highest BCUT2D eigenvalue weighted by Gasteiger charge is 2.22. The summed E-state index contributed by atoms with van der Waals surface area (Å²) in [7, 11) is -1.47. The summed E-state index contributed by atoms with van der Waals surface area (Å²) < 4.78 is 11.6. The van der Waals surface area contributed by atoms with Gasteiger partial charge in [-0.1, -0.05) is 30.4 Å². The number of hydrogen-bond donors (Lipinski definition) is 2. The molecule has 4 nitrogen and oxygen atoms in total. The van der Waals surface area contributed by atoms with Crippen LogP contribution < -0.4 is 0 Å². The van der Waals surface area contributed by atoms with E-state index >= 15 is 0 Å². The minimum atomic E-state index is -1.47. The van der Waals surface area contributed by atoms with Crippen LogP contribution in [0.1, 0.15) is 38.5 Å². The van der Waals surface area contributed by atoms with E-state index in [-0.39, 0.29) is 12.4 Å². The molecule has 0 aromatic heterocycles. The lowest BCUT2D eigenvalue weighted by atomic mass is 9.74. The molecule has 0 aromatic carbocycles. The summed E-state index contributed by atoms with van der Waals surface area (Å²) in [6.45, 7) is 4.71. The van der Waals surface area contributed by atoms with Gasteiger partial charge in [0.15, 0.2) is 6.29 Å². The van der Waals surface area contributed by atoms with Crippen molar-refractivity contribution in [3.05, 3.63) is 35.9 Å². The van der Waals surface area contributed by atoms with E-state index in [1.54, 1.807) is 6.08 Å². The molecule has 5 heteroatoms. The molecule has 1 fully saturated rings. The van der Waals surface area contributed by atoms with Crippen molar-refractivity contribution in [3.8, 4) is 0 Å². The fourth-order valence-electron chi connectivity index (χ4n) is 2.54. The van der Waals surface area contributed by atoms with Crippen LogP contribution in [-0.4, -0.2) is 36.2 Å². The van der Waals surface area contributed by atoms with Gasteiger partial charge in [0.25, 0.3) is 0 Å². The topological polar surface area (TPSA) is 58.9 Å². The van der Waals surface area contributed by atoms with Crippen molar-refractivity contribution >= 4 is 7.12 Å². The Hall–Kier alpha value is -0.875. The van der Waals surface area contributed by atoms with Gasteiger partial charge < -0.3 is 19.5 Å². The summed E-state index contributed by atoms with van der Waals surface area (Å²) in [5.41, 5.74) is 1.24. The van der Waals surface area contributed by atoms with Gasteiger partial charge in [-0.2, -0.15) is 0 Å². The van der Waals surface area contributed by atoms with Crippen LogP contribution in [0.5, 0.6) is 0 Å². The van der Waals surface area contributed by atoms with Crippen LogP contribution in [0.15, 0.2) is 35.9 Å². The molecular weight excluding hydrogens is 255 g/mol. The summed E-state index contributed by atoms with van der Waals surface area (Å²) in [6, 6.07) is 0. The maximum atomic E-state index is 9.32. The zero-order valence-corrected chi connectivity index (χ0v) is 11.8. The normalized spacial score (nSPS) is 29.9. The van der Waals surface area contributed by atoms with Crippen molar-refractivity contribution in [2.75, 3.05) is 6.61 Å². The molecule has 1 aliphatic heterocycles. The van der Waals surface area contributed by atoms with Crippen LogP contribution in [0.3, 0.4) is 0 Å². The maximum absolute atomic E-state index is 9.32. The molecule has 2 rings (SSSR count). The Kier molecular flexibility index (Phi) is 6.04. The van der Waals surface area contributed by atoms with Crippen LogP contribution >= 0.6 is 0 Å². The molecule has 0 spiro atoms. The summed E-state index contributed by atoms with van der Waals surface area (Å²) >= 11 is 0. The van der Waals surface area contributed by atoms with E-state index in [1.165, 1.54) is 0 Å². The lowest BCUT2D eigenvalue weighted by molar-refractivity contribution is -0.188. The van der Waals surface area contributed by atoms with E-state index in [2.05, 4.69) is 6.58 Å². The highest BCUT2D eigenvalue weighted by molar-refractivity contribution is 6.52. The molecule has 1 aliphatic carbocycles. The fraction of sp³-hybridized carbons (Fsp3) is 0.600. The Morgan fingerprint density at radius 3 is 2.85 bits per heavy atom. The molecule has 2 aliphatic rings. The second-order valence-corrected chi connectivity index (χ2v) is 5.36. The van der Waals surface area contributed by atoms with Crippen molar-refractivity contribution in [1.82, 2.24) is 0 Å². The van der Waals surface area contributed by atoms with Gasteiger partial charge in [-0.05, 0) is 44.0 Å². The molecule has 0 radical (unpaired) electrons. The van der Waals surface area contributed by atoms with Crippen LogP contribution in [0.25, 0.3) is 0 Å². The van der Waals surface area contributed by atoms with Crippen molar-refractivity contribution in [1.29, 1.82) is 0 Å². The third-order valence-electron chi connectivity index (χ3n) is 3.75. The first-order chi connectivity index (χ1) is 9.66. The number of ether oxygens (including phenoxy) is 2. The Morgan fingerprint density at radius 1 is 1.30 bits per heavy atom. The van der Waals surface area contributed by atoms with Crippen molar-refractivity contribution in [3.63, 3.8) is 0 Å². The monoisotopic (exact) mass is 278 g/mol. The number of hydrogen-bond acceptors (Lipinski definition) is 4. The summed E-state index contributed by atoms with van der Waals surface area (Å²) in [5.74, 6) is 0. The Bertz CT molecular complexity index is 383. The number of rotatable bonds is 3. The second kappa shape index (κ2) is 7.79. The SMILES string of the molecule is C=C1CC[C@H](OC2CCCCO2)C/C=C\C=C1B(O)O. The summed E-state index contributed by atoms with van der Waals surface area (Å²) in [6.07, 6.45) is 11.1. The lowest BCUT2D eigenvalue weighted by Crippen LogP contribution is -2.28. The molecule has 1 heterocycles. The smallest absolute Gasteiger partial charge is 0.423 e. The molecule has 1 unspecified atom stereocenters. The molecule has 2 atom stereocenters. The Balaban J connectivity index is 1.91. The first-order valence-corrected chi connectivity index (χ1v) is 7.35. The van der Waals surface area contributed by atoms with E-state index in [0.717, 1.165) is 44.3 Å². The molecular formula is C15H23BO4. The van der Waals surface area contributed by atoms with E-state index in [9.17, 15) is 10.0 Å². The van der Waals surface area contributed by atoms with Gasteiger partial charge in [0, 0.05) is 6.61 Å². The predicted octanol–water partition coefficient (Wildman–Crippen LogP) is 2.13. The van der Waals surface area contributed by atoms with E-state index in [1.807, 2.05) is 12.2 Å². The zero-order chi connectivity index (χ0) is 14.4. The van der Waals surface area contributed by atoms with Gasteiger partial charge in [0.1, 0.15) is 0 Å². The van der Waals surface area contributed by atoms with Crippen molar-refractivity contribution < 1.29 is 19.5 Å². The van der Waals surface area contributed by atoms with Gasteiger partial charge in [-0.3, -0.25) is 0 Å². The van der Waals surface area contributed by atoms with Gasteiger partial charge in [0.2, 0.25) is 0 Å².